The lowest BCUT2D eigenvalue weighted by Crippen LogP contribution is -2.67. The molecule has 10 atom stereocenters. The van der Waals surface area contributed by atoms with Gasteiger partial charge in [0.1, 0.15) is 43.5 Å². The SMILES string of the molecule is CO[C@H]1O[C@H](COC(=O)c2ccccc2)[C@@H](O[C@@H]2O[C@H](COC(=O)CCl)[C@H](OC(=O)c3ccccc3)[C@H](OCc3ccccc3)[C@H]2OC(=O)c2ccccc2)[C@H](OC(=O)c2ccccc2)[C@@H]1OC(=O)c1ccccc1. The van der Waals surface area contributed by atoms with Gasteiger partial charge >= 0.3 is 35.8 Å². The molecule has 2 fully saturated rings. The maximum atomic E-state index is 14.4. The molecule has 2 saturated heterocycles. The highest BCUT2D eigenvalue weighted by atomic mass is 35.5. The van der Waals surface area contributed by atoms with E-state index in [0.717, 1.165) is 0 Å². The van der Waals surface area contributed by atoms with Gasteiger partial charge in [-0.2, -0.15) is 0 Å². The molecule has 0 aromatic heterocycles. The lowest BCUT2D eigenvalue weighted by Gasteiger charge is -2.49. The summed E-state index contributed by atoms with van der Waals surface area (Å²) < 4.78 is 68.9. The van der Waals surface area contributed by atoms with E-state index in [-0.39, 0.29) is 34.4 Å². The third-order valence-electron chi connectivity index (χ3n) is 11.9. The van der Waals surface area contributed by atoms with Crippen LogP contribution in [0, 0.1) is 0 Å². The van der Waals surface area contributed by atoms with Gasteiger partial charge < -0.3 is 52.1 Å². The van der Waals surface area contributed by atoms with Crippen LogP contribution < -0.4 is 0 Å². The zero-order chi connectivity index (χ0) is 52.5. The Balaban J connectivity index is 1.26. The fourth-order valence-corrected chi connectivity index (χ4v) is 8.30. The first kappa shape index (κ1) is 53.5. The largest absolute Gasteiger partial charge is 0.462 e. The number of alkyl halides is 1. The third-order valence-corrected chi connectivity index (χ3v) is 12.1. The maximum Gasteiger partial charge on any atom is 0.338 e. The molecule has 18 heteroatoms. The fraction of sp³-hybridized carbons (Fsp3) is 0.263. The van der Waals surface area contributed by atoms with Crippen molar-refractivity contribution >= 4 is 47.4 Å². The van der Waals surface area contributed by atoms with Gasteiger partial charge in [-0.25, -0.2) is 24.0 Å². The lowest BCUT2D eigenvalue weighted by atomic mass is 9.95. The Bertz CT molecular complexity index is 2810. The van der Waals surface area contributed by atoms with Crippen molar-refractivity contribution in [1.82, 2.24) is 0 Å². The Morgan fingerprint density at radius 2 is 0.773 bits per heavy atom. The topological polar surface area (TPSA) is 204 Å². The van der Waals surface area contributed by atoms with Crippen LogP contribution in [0.15, 0.2) is 182 Å². The molecule has 0 radical (unpaired) electrons. The minimum absolute atomic E-state index is 0.0825. The highest BCUT2D eigenvalue weighted by Crippen LogP contribution is 2.37. The monoisotopic (exact) mass is 1040 g/mol. The predicted molar refractivity (Wildman–Crippen MR) is 265 cm³/mol. The van der Waals surface area contributed by atoms with Gasteiger partial charge in [-0.3, -0.25) is 4.79 Å². The average Bonchev–Trinajstić information content (AvgIpc) is 3.46. The van der Waals surface area contributed by atoms with E-state index in [2.05, 4.69) is 0 Å². The van der Waals surface area contributed by atoms with Crippen molar-refractivity contribution in [2.24, 2.45) is 0 Å². The Morgan fingerprint density at radius 1 is 0.413 bits per heavy atom. The highest BCUT2D eigenvalue weighted by Gasteiger charge is 2.57. The number of hydrogen-bond acceptors (Lipinski definition) is 17. The molecule has 388 valence electrons. The van der Waals surface area contributed by atoms with Gasteiger partial charge in [-0.05, 0) is 66.2 Å². The molecule has 0 unspecified atom stereocenters. The van der Waals surface area contributed by atoms with Gasteiger partial charge in [0, 0.05) is 7.11 Å². The predicted octanol–water partition coefficient (Wildman–Crippen LogP) is 7.59. The van der Waals surface area contributed by atoms with Gasteiger partial charge in [0.2, 0.25) is 0 Å². The van der Waals surface area contributed by atoms with E-state index >= 15 is 0 Å². The molecule has 2 heterocycles. The van der Waals surface area contributed by atoms with E-state index in [1.807, 2.05) is 0 Å². The average molecular weight is 1040 g/mol. The standard InChI is InChI=1S/C57H51ClO17/c1-65-56-50(74-55(64)41-30-18-7-19-31-41)48(72-53(62)39-26-14-5-15-27-39)46(43(69-56)35-68-51(60)37-22-10-3-11-23-37)75-57-49(73-54(63)40-28-16-6-17-29-40)47(67-33-36-20-8-2-9-21-36)45(42(70-57)34-66-44(59)32-58)71-52(61)38-24-12-4-13-25-38/h2-31,42-43,45-50,56-57H,32-35H2,1H3/t42-,43-,45+,46-,47+,48+,49-,50+,56+,57+/m1/s1. The van der Waals surface area contributed by atoms with Crippen LogP contribution in [0.1, 0.15) is 57.4 Å². The van der Waals surface area contributed by atoms with E-state index in [9.17, 15) is 28.8 Å². The maximum absolute atomic E-state index is 14.4. The number of ether oxygens (including phenoxy) is 11. The molecule has 0 bridgehead atoms. The Morgan fingerprint density at radius 3 is 1.21 bits per heavy atom. The second kappa shape index (κ2) is 26.4. The summed E-state index contributed by atoms with van der Waals surface area (Å²) >= 11 is 5.89. The normalized spacial score (nSPS) is 23.1. The Hall–Kier alpha value is -7.77. The van der Waals surface area contributed by atoms with Crippen molar-refractivity contribution in [3.63, 3.8) is 0 Å². The van der Waals surface area contributed by atoms with Crippen LogP contribution in [0.25, 0.3) is 0 Å². The van der Waals surface area contributed by atoms with Gasteiger partial charge in [0.05, 0.1) is 34.4 Å². The zero-order valence-electron chi connectivity index (χ0n) is 40.2. The van der Waals surface area contributed by atoms with Crippen LogP contribution in [0.4, 0.5) is 0 Å². The van der Waals surface area contributed by atoms with Gasteiger partial charge in [-0.15, -0.1) is 11.6 Å². The van der Waals surface area contributed by atoms with Crippen LogP contribution in [-0.4, -0.2) is 123 Å². The zero-order valence-corrected chi connectivity index (χ0v) is 41.0. The molecule has 75 heavy (non-hydrogen) atoms. The smallest absolute Gasteiger partial charge is 0.338 e. The number of benzene rings is 6. The van der Waals surface area contributed by atoms with Crippen molar-refractivity contribution in [1.29, 1.82) is 0 Å². The summed E-state index contributed by atoms with van der Waals surface area (Å²) in [6.45, 7) is -1.40. The number of halogens is 1. The Kier molecular flexibility index (Phi) is 18.9. The number of carbonyl (C=O) groups excluding carboxylic acids is 6. The quantitative estimate of drug-likeness (QED) is 0.0410. The molecule has 0 saturated carbocycles. The third kappa shape index (κ3) is 14.1. The van der Waals surface area contributed by atoms with E-state index in [4.69, 9.17) is 63.7 Å². The summed E-state index contributed by atoms with van der Waals surface area (Å²) in [4.78, 5) is 83.2. The van der Waals surface area contributed by atoms with Crippen molar-refractivity contribution in [2.75, 3.05) is 26.2 Å². The number of esters is 6. The number of methoxy groups -OCH3 is 1. The van der Waals surface area contributed by atoms with Gasteiger partial charge in [0.25, 0.3) is 0 Å². The van der Waals surface area contributed by atoms with Crippen LogP contribution in [-0.2, 0) is 63.5 Å². The second-order valence-electron chi connectivity index (χ2n) is 16.9. The first-order valence-corrected chi connectivity index (χ1v) is 24.3. The number of rotatable bonds is 20. The van der Waals surface area contributed by atoms with E-state index in [0.29, 0.717) is 5.56 Å². The summed E-state index contributed by atoms with van der Waals surface area (Å²) in [5.74, 6) is -5.74. The van der Waals surface area contributed by atoms with Crippen LogP contribution >= 0.6 is 11.6 Å². The van der Waals surface area contributed by atoms with E-state index in [1.54, 1.807) is 121 Å². The molecule has 0 amide bonds. The number of carbonyl (C=O) groups is 6. The first-order valence-electron chi connectivity index (χ1n) is 23.7. The Labute approximate surface area is 436 Å². The summed E-state index contributed by atoms with van der Waals surface area (Å²) in [5, 5.41) is 0. The van der Waals surface area contributed by atoms with E-state index < -0.39 is 116 Å². The molecule has 2 aliphatic heterocycles. The molecule has 2 aliphatic rings. The van der Waals surface area contributed by atoms with Gasteiger partial charge in [-0.1, -0.05) is 121 Å². The second-order valence-corrected chi connectivity index (χ2v) is 17.2. The molecular formula is C57H51ClO17. The minimum atomic E-state index is -1.87. The molecule has 0 aliphatic carbocycles. The summed E-state index contributed by atoms with van der Waals surface area (Å²) in [6, 6.07) is 48.8. The molecule has 6 aromatic carbocycles. The highest BCUT2D eigenvalue weighted by molar-refractivity contribution is 6.26. The fourth-order valence-electron chi connectivity index (χ4n) is 8.22. The van der Waals surface area contributed by atoms with E-state index in [1.165, 1.54) is 67.8 Å². The molecule has 8 rings (SSSR count). The van der Waals surface area contributed by atoms with Crippen LogP contribution in [0.3, 0.4) is 0 Å². The van der Waals surface area contributed by atoms with Crippen LogP contribution in [0.2, 0.25) is 0 Å². The molecule has 0 N–H and O–H groups in total. The van der Waals surface area contributed by atoms with Crippen molar-refractivity contribution in [2.45, 2.75) is 68.0 Å². The van der Waals surface area contributed by atoms with Crippen molar-refractivity contribution in [3.8, 4) is 0 Å². The lowest BCUT2D eigenvalue weighted by molar-refractivity contribution is -0.357. The number of hydrogen-bond donors (Lipinski definition) is 0. The molecule has 0 spiro atoms. The summed E-state index contributed by atoms with van der Waals surface area (Å²) in [5.41, 5.74) is 1.25. The minimum Gasteiger partial charge on any atom is -0.462 e. The molecule has 17 nitrogen and oxygen atoms in total. The first-order chi connectivity index (χ1) is 36.6. The molecule has 6 aromatic rings. The summed E-state index contributed by atoms with van der Waals surface area (Å²) in [6.07, 6.45) is -16.2. The van der Waals surface area contributed by atoms with Crippen molar-refractivity contribution < 1.29 is 80.9 Å². The van der Waals surface area contributed by atoms with Gasteiger partial charge in [0.15, 0.2) is 37.0 Å². The molecular weight excluding hydrogens is 992 g/mol. The summed E-state index contributed by atoms with van der Waals surface area (Å²) in [7, 11) is 1.26. The van der Waals surface area contributed by atoms with Crippen molar-refractivity contribution in [3.05, 3.63) is 215 Å². The van der Waals surface area contributed by atoms with Crippen LogP contribution in [0.5, 0.6) is 0 Å².